The zero-order valence-electron chi connectivity index (χ0n) is 16.5. The first-order valence-corrected chi connectivity index (χ1v) is 9.50. The Bertz CT molecular complexity index is 1010. The van der Waals surface area contributed by atoms with E-state index in [2.05, 4.69) is 4.98 Å². The minimum Gasteiger partial charge on any atom is -1.00 e. The Labute approximate surface area is 186 Å². The van der Waals surface area contributed by atoms with E-state index >= 15 is 0 Å². The fourth-order valence-corrected chi connectivity index (χ4v) is 3.18. The molecule has 4 aromatic rings. The minimum atomic E-state index is -1.47. The van der Waals surface area contributed by atoms with Crippen molar-refractivity contribution in [1.29, 1.82) is 0 Å². The summed E-state index contributed by atoms with van der Waals surface area (Å²) in [5.41, 5.74) is 2.76. The molecule has 0 saturated heterocycles. The highest BCUT2D eigenvalue weighted by molar-refractivity contribution is 5.41. The Morgan fingerprint density at radius 3 is 2.03 bits per heavy atom. The SMILES string of the molecule is Cc1ccc(O[NH2+]Cc2cnc(C(O)(c3ccccc3)c3ccccc3)o2)cc1.[Br-]. The molecule has 1 aromatic heterocycles. The molecule has 0 aliphatic rings. The minimum absolute atomic E-state index is 0. The van der Waals surface area contributed by atoms with E-state index in [-0.39, 0.29) is 22.9 Å². The molecule has 5 nitrogen and oxygen atoms in total. The highest BCUT2D eigenvalue weighted by atomic mass is 79.9. The van der Waals surface area contributed by atoms with Crippen LogP contribution in [0.1, 0.15) is 28.3 Å². The largest absolute Gasteiger partial charge is 1.00 e. The van der Waals surface area contributed by atoms with Crippen LogP contribution in [0.25, 0.3) is 0 Å². The first-order valence-electron chi connectivity index (χ1n) is 9.50. The van der Waals surface area contributed by atoms with Gasteiger partial charge in [0.05, 0.1) is 6.20 Å². The summed E-state index contributed by atoms with van der Waals surface area (Å²) < 4.78 is 5.94. The van der Waals surface area contributed by atoms with Crippen LogP contribution in [-0.4, -0.2) is 10.1 Å². The summed E-state index contributed by atoms with van der Waals surface area (Å²) in [6.45, 7) is 2.46. The van der Waals surface area contributed by atoms with Gasteiger partial charge in [0.15, 0.2) is 23.7 Å². The Morgan fingerprint density at radius 1 is 0.900 bits per heavy atom. The second kappa shape index (κ2) is 9.71. The number of nitrogens with two attached hydrogens (primary N) is 1. The number of aliphatic hydroxyl groups is 1. The highest BCUT2D eigenvalue weighted by Crippen LogP contribution is 2.35. The number of quaternary nitrogens is 1. The van der Waals surface area contributed by atoms with Crippen LogP contribution in [0, 0.1) is 6.92 Å². The lowest BCUT2D eigenvalue weighted by Gasteiger charge is -2.26. The van der Waals surface area contributed by atoms with Crippen molar-refractivity contribution in [2.24, 2.45) is 0 Å². The molecule has 0 atom stereocenters. The third kappa shape index (κ3) is 4.62. The molecule has 6 heteroatoms. The van der Waals surface area contributed by atoms with Gasteiger partial charge in [-0.15, -0.1) is 0 Å². The molecular formula is C24H23BrN2O3. The fraction of sp³-hybridized carbons (Fsp3) is 0.125. The smallest absolute Gasteiger partial charge is 0.236 e. The van der Waals surface area contributed by atoms with Gasteiger partial charge in [0.25, 0.3) is 0 Å². The number of aromatic nitrogens is 1. The summed E-state index contributed by atoms with van der Waals surface area (Å²) in [6.07, 6.45) is 1.63. The molecule has 4 rings (SSSR count). The Morgan fingerprint density at radius 2 is 1.47 bits per heavy atom. The second-order valence-electron chi connectivity index (χ2n) is 6.88. The van der Waals surface area contributed by atoms with Crippen LogP contribution < -0.4 is 27.3 Å². The van der Waals surface area contributed by atoms with Crippen LogP contribution in [0.3, 0.4) is 0 Å². The van der Waals surface area contributed by atoms with Crippen LogP contribution in [-0.2, 0) is 12.1 Å². The van der Waals surface area contributed by atoms with Gasteiger partial charge >= 0.3 is 0 Å². The van der Waals surface area contributed by atoms with E-state index in [0.717, 1.165) is 5.75 Å². The molecule has 0 aliphatic carbocycles. The normalized spacial score (nSPS) is 11.0. The summed E-state index contributed by atoms with van der Waals surface area (Å²) in [4.78, 5) is 10.0. The quantitative estimate of drug-likeness (QED) is 0.385. The fourth-order valence-electron chi connectivity index (χ4n) is 3.18. The van der Waals surface area contributed by atoms with Gasteiger partial charge in [-0.2, -0.15) is 5.48 Å². The molecule has 0 bridgehead atoms. The summed E-state index contributed by atoms with van der Waals surface area (Å²) in [5.74, 6) is 1.60. The lowest BCUT2D eigenvalue weighted by atomic mass is 9.86. The van der Waals surface area contributed by atoms with Crippen molar-refractivity contribution in [3.8, 4) is 5.75 Å². The summed E-state index contributed by atoms with van der Waals surface area (Å²) >= 11 is 0. The topological polar surface area (TPSA) is 72.1 Å². The van der Waals surface area contributed by atoms with Crippen molar-refractivity contribution in [1.82, 2.24) is 4.98 Å². The standard InChI is InChI=1S/C24H22N2O3.BrH/c1-18-12-14-21(15-13-18)29-26-17-22-16-25-23(28-22)24(27,19-8-4-2-5-9-19)20-10-6-3-7-11-20;/h2-16,26-27H,17H2,1H3;1H. The van der Waals surface area contributed by atoms with E-state index < -0.39 is 5.60 Å². The van der Waals surface area contributed by atoms with Gasteiger partial charge in [0.1, 0.15) is 0 Å². The predicted molar refractivity (Wildman–Crippen MR) is 109 cm³/mol. The summed E-state index contributed by atoms with van der Waals surface area (Å²) in [7, 11) is 0. The Balaban J connectivity index is 0.00000256. The predicted octanol–water partition coefficient (Wildman–Crippen LogP) is 0.329. The molecule has 0 aliphatic heterocycles. The molecule has 0 spiro atoms. The van der Waals surface area contributed by atoms with Gasteiger partial charge in [0.2, 0.25) is 5.89 Å². The molecule has 0 radical (unpaired) electrons. The van der Waals surface area contributed by atoms with Gasteiger partial charge < -0.3 is 31.3 Å². The third-order valence-electron chi connectivity index (χ3n) is 4.77. The van der Waals surface area contributed by atoms with E-state index in [1.54, 1.807) is 11.7 Å². The average molecular weight is 467 g/mol. The molecular weight excluding hydrogens is 444 g/mol. The number of aryl methyl sites for hydroxylation is 1. The molecule has 0 unspecified atom stereocenters. The highest BCUT2D eigenvalue weighted by Gasteiger charge is 2.38. The summed E-state index contributed by atoms with van der Waals surface area (Å²) in [6, 6.07) is 26.6. The summed E-state index contributed by atoms with van der Waals surface area (Å²) in [5, 5.41) is 11.7. The van der Waals surface area contributed by atoms with Crippen molar-refractivity contribution in [2.75, 3.05) is 0 Å². The van der Waals surface area contributed by atoms with E-state index in [9.17, 15) is 5.11 Å². The number of oxazole rings is 1. The van der Waals surface area contributed by atoms with Crippen molar-refractivity contribution >= 4 is 0 Å². The molecule has 3 N–H and O–H groups in total. The van der Waals surface area contributed by atoms with Crippen LogP contribution in [0.4, 0.5) is 0 Å². The van der Waals surface area contributed by atoms with E-state index in [1.807, 2.05) is 91.9 Å². The third-order valence-corrected chi connectivity index (χ3v) is 4.77. The molecule has 30 heavy (non-hydrogen) atoms. The number of rotatable bonds is 7. The maximum atomic E-state index is 11.7. The second-order valence-corrected chi connectivity index (χ2v) is 6.88. The van der Waals surface area contributed by atoms with Gasteiger partial charge in [-0.1, -0.05) is 78.4 Å². The molecule has 0 amide bonds. The maximum Gasteiger partial charge on any atom is 0.236 e. The zero-order chi connectivity index (χ0) is 20.1. The molecule has 1 heterocycles. The number of hydrogen-bond acceptors (Lipinski definition) is 4. The van der Waals surface area contributed by atoms with Gasteiger partial charge in [-0.3, -0.25) is 0 Å². The van der Waals surface area contributed by atoms with E-state index in [4.69, 9.17) is 9.25 Å². The van der Waals surface area contributed by atoms with Crippen molar-refractivity contribution in [3.63, 3.8) is 0 Å². The van der Waals surface area contributed by atoms with Crippen LogP contribution >= 0.6 is 0 Å². The number of hydroxylamine groups is 1. The van der Waals surface area contributed by atoms with Crippen LogP contribution in [0.15, 0.2) is 95.5 Å². The number of nitrogens with zero attached hydrogens (tertiary/aromatic N) is 1. The molecule has 3 aromatic carbocycles. The van der Waals surface area contributed by atoms with Crippen molar-refractivity contribution in [3.05, 3.63) is 119 Å². The Hall–Kier alpha value is -2.93. The van der Waals surface area contributed by atoms with Crippen LogP contribution in [0.2, 0.25) is 0 Å². The maximum absolute atomic E-state index is 11.7. The number of hydrogen-bond donors (Lipinski definition) is 2. The monoisotopic (exact) mass is 466 g/mol. The Kier molecular flexibility index (Phi) is 7.05. The lowest BCUT2D eigenvalue weighted by molar-refractivity contribution is -0.870. The van der Waals surface area contributed by atoms with Gasteiger partial charge in [0, 0.05) is 0 Å². The number of benzene rings is 3. The van der Waals surface area contributed by atoms with E-state index in [1.165, 1.54) is 5.56 Å². The zero-order valence-corrected chi connectivity index (χ0v) is 18.1. The molecule has 154 valence electrons. The molecule has 0 saturated carbocycles. The average Bonchev–Trinajstić information content (AvgIpc) is 3.25. The lowest BCUT2D eigenvalue weighted by Crippen LogP contribution is -3.00. The van der Waals surface area contributed by atoms with Crippen LogP contribution in [0.5, 0.6) is 5.75 Å². The van der Waals surface area contributed by atoms with Gasteiger partial charge in [-0.05, 0) is 30.2 Å². The van der Waals surface area contributed by atoms with Crippen molar-refractivity contribution < 1.29 is 36.8 Å². The first kappa shape index (κ1) is 21.8. The van der Waals surface area contributed by atoms with Crippen molar-refractivity contribution in [2.45, 2.75) is 19.1 Å². The first-order chi connectivity index (χ1) is 14.2. The number of halogens is 1. The van der Waals surface area contributed by atoms with E-state index in [0.29, 0.717) is 23.4 Å². The van der Waals surface area contributed by atoms with Gasteiger partial charge in [-0.25, -0.2) is 4.98 Å². The molecule has 0 fully saturated rings.